The zero-order chi connectivity index (χ0) is 16.4. The van der Waals surface area contributed by atoms with Gasteiger partial charge in [0.1, 0.15) is 5.75 Å². The molecule has 0 bridgehead atoms. The first kappa shape index (κ1) is 15.1. The Morgan fingerprint density at radius 3 is 2.42 bits per heavy atom. The number of benzene rings is 2. The van der Waals surface area contributed by atoms with E-state index in [1.807, 2.05) is 12.1 Å². The van der Waals surface area contributed by atoms with Crippen LogP contribution in [0.1, 0.15) is 5.69 Å². The fraction of sp³-hybridized carbons (Fsp3) is 0.300. The minimum absolute atomic E-state index is 0.913. The molecule has 0 atom stereocenters. The zero-order valence-corrected chi connectivity index (χ0v) is 14.0. The second kappa shape index (κ2) is 6.57. The first-order valence-electron chi connectivity index (χ1n) is 8.50. The van der Waals surface area contributed by atoms with Crippen molar-refractivity contribution in [3.05, 3.63) is 60.3 Å². The lowest BCUT2D eigenvalue weighted by Gasteiger charge is -2.36. The van der Waals surface area contributed by atoms with E-state index in [0.29, 0.717) is 0 Å². The van der Waals surface area contributed by atoms with Gasteiger partial charge in [0.15, 0.2) is 0 Å². The van der Waals surface area contributed by atoms with Crippen molar-refractivity contribution >= 4 is 16.6 Å². The average Bonchev–Trinajstić information content (AvgIpc) is 3.05. The number of nitrogens with one attached hydrogen (secondary N) is 1. The Balaban J connectivity index is 1.36. The van der Waals surface area contributed by atoms with E-state index >= 15 is 0 Å². The van der Waals surface area contributed by atoms with Gasteiger partial charge in [-0.3, -0.25) is 4.90 Å². The van der Waals surface area contributed by atoms with Crippen molar-refractivity contribution in [2.75, 3.05) is 38.2 Å². The summed E-state index contributed by atoms with van der Waals surface area (Å²) in [5.41, 5.74) is 3.81. The highest BCUT2D eigenvalue weighted by atomic mass is 16.5. The van der Waals surface area contributed by atoms with Crippen LogP contribution < -0.4 is 9.64 Å². The maximum absolute atomic E-state index is 5.23. The summed E-state index contributed by atoms with van der Waals surface area (Å²) in [7, 11) is 1.71. The molecule has 1 saturated heterocycles. The van der Waals surface area contributed by atoms with Crippen LogP contribution in [0.3, 0.4) is 0 Å². The third kappa shape index (κ3) is 3.10. The summed E-state index contributed by atoms with van der Waals surface area (Å²) in [6.45, 7) is 5.28. The van der Waals surface area contributed by atoms with Crippen molar-refractivity contribution < 1.29 is 4.74 Å². The maximum Gasteiger partial charge on any atom is 0.119 e. The van der Waals surface area contributed by atoms with Gasteiger partial charge in [0.2, 0.25) is 0 Å². The predicted octanol–water partition coefficient (Wildman–Crippen LogP) is 3.50. The molecule has 0 unspecified atom stereocenters. The molecule has 0 amide bonds. The quantitative estimate of drug-likeness (QED) is 0.798. The van der Waals surface area contributed by atoms with Crippen LogP contribution in [-0.2, 0) is 6.54 Å². The molecule has 124 valence electrons. The summed E-state index contributed by atoms with van der Waals surface area (Å²) < 4.78 is 5.23. The second-order valence-corrected chi connectivity index (χ2v) is 6.34. The summed E-state index contributed by atoms with van der Waals surface area (Å²) in [6, 6.07) is 19.1. The number of fused-ring (bicyclic) bond motifs is 1. The van der Waals surface area contributed by atoms with Crippen LogP contribution in [0.2, 0.25) is 0 Å². The van der Waals surface area contributed by atoms with E-state index in [1.165, 1.54) is 22.3 Å². The highest BCUT2D eigenvalue weighted by Gasteiger charge is 2.18. The number of piperazine rings is 1. The molecule has 24 heavy (non-hydrogen) atoms. The van der Waals surface area contributed by atoms with Gasteiger partial charge in [0.25, 0.3) is 0 Å². The van der Waals surface area contributed by atoms with Crippen molar-refractivity contribution in [2.24, 2.45) is 0 Å². The van der Waals surface area contributed by atoms with Gasteiger partial charge in [-0.1, -0.05) is 18.2 Å². The fourth-order valence-corrected chi connectivity index (χ4v) is 3.42. The first-order chi connectivity index (χ1) is 11.8. The summed E-state index contributed by atoms with van der Waals surface area (Å²) in [4.78, 5) is 8.49. The third-order valence-electron chi connectivity index (χ3n) is 4.79. The molecule has 0 spiro atoms. The summed E-state index contributed by atoms with van der Waals surface area (Å²) >= 11 is 0. The topological polar surface area (TPSA) is 31.5 Å². The average molecular weight is 321 g/mol. The smallest absolute Gasteiger partial charge is 0.119 e. The Labute approximate surface area is 142 Å². The van der Waals surface area contributed by atoms with E-state index < -0.39 is 0 Å². The second-order valence-electron chi connectivity index (χ2n) is 6.34. The molecule has 0 saturated carbocycles. The number of aromatic amines is 1. The zero-order valence-electron chi connectivity index (χ0n) is 14.0. The molecule has 3 aromatic rings. The normalized spacial score (nSPS) is 15.8. The number of aromatic nitrogens is 1. The Hall–Kier alpha value is -2.46. The van der Waals surface area contributed by atoms with E-state index in [9.17, 15) is 0 Å². The van der Waals surface area contributed by atoms with Gasteiger partial charge in [0, 0.05) is 49.6 Å². The van der Waals surface area contributed by atoms with Crippen molar-refractivity contribution in [3.63, 3.8) is 0 Å². The molecular formula is C20H23N3O. The molecule has 1 aromatic heterocycles. The van der Waals surface area contributed by atoms with Gasteiger partial charge in [-0.05, 0) is 41.8 Å². The number of para-hydroxylation sites is 1. The number of hydrogen-bond donors (Lipinski definition) is 1. The molecule has 1 aliphatic rings. The molecule has 0 aliphatic carbocycles. The Kier molecular flexibility index (Phi) is 4.13. The molecule has 2 aromatic carbocycles. The Morgan fingerprint density at radius 2 is 1.71 bits per heavy atom. The van der Waals surface area contributed by atoms with E-state index in [2.05, 4.69) is 57.2 Å². The number of H-pyrrole nitrogens is 1. The van der Waals surface area contributed by atoms with Crippen molar-refractivity contribution in [3.8, 4) is 5.75 Å². The molecule has 0 radical (unpaired) electrons. The van der Waals surface area contributed by atoms with Crippen molar-refractivity contribution in [1.82, 2.24) is 9.88 Å². The SMILES string of the molecule is COc1ccc(N2CCN(Cc3cc4ccccc4[nH]3)CC2)cc1. The summed E-state index contributed by atoms with van der Waals surface area (Å²) in [5.74, 6) is 0.913. The highest BCUT2D eigenvalue weighted by molar-refractivity contribution is 5.80. The molecule has 4 nitrogen and oxygen atoms in total. The van der Waals surface area contributed by atoms with Crippen molar-refractivity contribution in [2.45, 2.75) is 6.54 Å². The van der Waals surface area contributed by atoms with Gasteiger partial charge in [-0.25, -0.2) is 0 Å². The van der Waals surface area contributed by atoms with Crippen LogP contribution in [0.25, 0.3) is 10.9 Å². The van der Waals surface area contributed by atoms with Crippen LogP contribution in [-0.4, -0.2) is 43.2 Å². The third-order valence-corrected chi connectivity index (χ3v) is 4.79. The van der Waals surface area contributed by atoms with E-state index in [0.717, 1.165) is 38.5 Å². The van der Waals surface area contributed by atoms with Crippen LogP contribution >= 0.6 is 0 Å². The van der Waals surface area contributed by atoms with Crippen LogP contribution in [0.15, 0.2) is 54.6 Å². The first-order valence-corrected chi connectivity index (χ1v) is 8.50. The molecule has 1 N–H and O–H groups in total. The molecule has 4 rings (SSSR count). The predicted molar refractivity (Wildman–Crippen MR) is 98.8 cm³/mol. The molecule has 1 fully saturated rings. The monoisotopic (exact) mass is 321 g/mol. The number of hydrogen-bond acceptors (Lipinski definition) is 3. The number of methoxy groups -OCH3 is 1. The van der Waals surface area contributed by atoms with Gasteiger partial charge in [-0.15, -0.1) is 0 Å². The lowest BCUT2D eigenvalue weighted by atomic mass is 10.2. The summed E-state index contributed by atoms with van der Waals surface area (Å²) in [6.07, 6.45) is 0. The van der Waals surface area contributed by atoms with Gasteiger partial charge < -0.3 is 14.6 Å². The lowest BCUT2D eigenvalue weighted by molar-refractivity contribution is 0.247. The molecule has 2 heterocycles. The Morgan fingerprint density at radius 1 is 0.958 bits per heavy atom. The van der Waals surface area contributed by atoms with E-state index in [1.54, 1.807) is 7.11 Å². The van der Waals surface area contributed by atoms with Gasteiger partial charge in [0.05, 0.1) is 7.11 Å². The van der Waals surface area contributed by atoms with Gasteiger partial charge >= 0.3 is 0 Å². The van der Waals surface area contributed by atoms with Crippen LogP contribution in [0, 0.1) is 0 Å². The minimum atomic E-state index is 0.913. The van der Waals surface area contributed by atoms with E-state index in [-0.39, 0.29) is 0 Å². The number of nitrogens with zero attached hydrogens (tertiary/aromatic N) is 2. The molecular weight excluding hydrogens is 298 g/mol. The van der Waals surface area contributed by atoms with E-state index in [4.69, 9.17) is 4.74 Å². The fourth-order valence-electron chi connectivity index (χ4n) is 3.42. The number of anilines is 1. The molecule has 4 heteroatoms. The lowest BCUT2D eigenvalue weighted by Crippen LogP contribution is -2.46. The largest absolute Gasteiger partial charge is 0.497 e. The van der Waals surface area contributed by atoms with Crippen LogP contribution in [0.4, 0.5) is 5.69 Å². The standard InChI is InChI=1S/C20H23N3O/c1-24-19-8-6-18(7-9-19)23-12-10-22(11-13-23)15-17-14-16-4-2-3-5-20(16)21-17/h2-9,14,21H,10-13,15H2,1H3. The highest BCUT2D eigenvalue weighted by Crippen LogP contribution is 2.21. The van der Waals surface area contributed by atoms with Gasteiger partial charge in [-0.2, -0.15) is 0 Å². The van der Waals surface area contributed by atoms with Crippen molar-refractivity contribution in [1.29, 1.82) is 0 Å². The minimum Gasteiger partial charge on any atom is -0.497 e. The Bertz CT molecular complexity index is 768. The summed E-state index contributed by atoms with van der Waals surface area (Å²) in [5, 5.41) is 1.30. The number of rotatable bonds is 4. The molecule has 1 aliphatic heterocycles. The van der Waals surface area contributed by atoms with Crippen LogP contribution in [0.5, 0.6) is 5.75 Å². The number of ether oxygens (including phenoxy) is 1. The maximum atomic E-state index is 5.23.